The van der Waals surface area contributed by atoms with E-state index in [4.69, 9.17) is 4.74 Å². The topological polar surface area (TPSA) is 29.5 Å². The largest absolute Gasteiger partial charge is 0.508 e. The third-order valence-corrected chi connectivity index (χ3v) is 3.85. The lowest BCUT2D eigenvalue weighted by Crippen LogP contribution is -1.96. The Morgan fingerprint density at radius 3 is 2.84 bits per heavy atom. The van der Waals surface area contributed by atoms with Gasteiger partial charge >= 0.3 is 0 Å². The van der Waals surface area contributed by atoms with Crippen LogP contribution in [0.2, 0.25) is 0 Å². The van der Waals surface area contributed by atoms with E-state index in [1.54, 1.807) is 30.3 Å². The molecule has 3 rings (SSSR count). The number of aromatic hydroxyl groups is 1. The monoisotopic (exact) mass is 274 g/mol. The van der Waals surface area contributed by atoms with E-state index in [-0.39, 0.29) is 17.3 Å². The first-order valence-corrected chi connectivity index (χ1v) is 6.68. The second-order valence-electron chi connectivity index (χ2n) is 4.16. The van der Waals surface area contributed by atoms with Gasteiger partial charge in [0, 0.05) is 10.3 Å². The molecular formula is C15H11FO2S. The normalized spacial score (nSPS) is 10.8. The van der Waals surface area contributed by atoms with Gasteiger partial charge in [-0.2, -0.15) is 0 Å². The Labute approximate surface area is 113 Å². The van der Waals surface area contributed by atoms with E-state index in [0.29, 0.717) is 6.61 Å². The van der Waals surface area contributed by atoms with Crippen molar-refractivity contribution in [3.05, 3.63) is 59.2 Å². The highest BCUT2D eigenvalue weighted by molar-refractivity contribution is 7.17. The first kappa shape index (κ1) is 12.0. The van der Waals surface area contributed by atoms with Crippen molar-refractivity contribution in [2.24, 2.45) is 0 Å². The van der Waals surface area contributed by atoms with Gasteiger partial charge in [-0.1, -0.05) is 12.1 Å². The van der Waals surface area contributed by atoms with Crippen LogP contribution in [0.5, 0.6) is 11.5 Å². The smallest absolute Gasteiger partial charge is 0.165 e. The fourth-order valence-electron chi connectivity index (χ4n) is 1.90. The summed E-state index contributed by atoms with van der Waals surface area (Å²) in [5.74, 6) is 0.135. The van der Waals surface area contributed by atoms with Crippen LogP contribution in [-0.4, -0.2) is 5.11 Å². The SMILES string of the molecule is Oc1ccc2c(COc3ccccc3F)csc2c1. The third-order valence-electron chi connectivity index (χ3n) is 2.86. The molecule has 3 aromatic rings. The van der Waals surface area contributed by atoms with Crippen LogP contribution >= 0.6 is 11.3 Å². The highest BCUT2D eigenvalue weighted by Crippen LogP contribution is 2.30. The maximum absolute atomic E-state index is 13.4. The Bertz CT molecular complexity index is 721. The summed E-state index contributed by atoms with van der Waals surface area (Å²) in [7, 11) is 0. The highest BCUT2D eigenvalue weighted by Gasteiger charge is 2.07. The molecule has 1 heterocycles. The zero-order valence-corrected chi connectivity index (χ0v) is 10.8. The first-order valence-electron chi connectivity index (χ1n) is 5.80. The van der Waals surface area contributed by atoms with Gasteiger partial charge in [0.2, 0.25) is 0 Å². The number of para-hydroxylation sites is 1. The van der Waals surface area contributed by atoms with Gasteiger partial charge in [-0.15, -0.1) is 11.3 Å². The molecule has 0 aliphatic heterocycles. The lowest BCUT2D eigenvalue weighted by molar-refractivity contribution is 0.292. The van der Waals surface area contributed by atoms with E-state index >= 15 is 0 Å². The first-order chi connectivity index (χ1) is 9.24. The Kier molecular flexibility index (Phi) is 3.09. The molecule has 1 aromatic heterocycles. The van der Waals surface area contributed by atoms with E-state index in [0.717, 1.165) is 15.6 Å². The van der Waals surface area contributed by atoms with E-state index in [9.17, 15) is 9.50 Å². The second-order valence-corrected chi connectivity index (χ2v) is 5.07. The van der Waals surface area contributed by atoms with Gasteiger partial charge in [-0.05, 0) is 41.1 Å². The molecule has 0 bridgehead atoms. The van der Waals surface area contributed by atoms with Crippen molar-refractivity contribution in [3.8, 4) is 11.5 Å². The van der Waals surface area contributed by atoms with Gasteiger partial charge in [0.15, 0.2) is 11.6 Å². The minimum Gasteiger partial charge on any atom is -0.508 e. The Morgan fingerprint density at radius 1 is 1.16 bits per heavy atom. The van der Waals surface area contributed by atoms with Gasteiger partial charge in [0.25, 0.3) is 0 Å². The molecule has 1 N–H and O–H groups in total. The molecule has 0 amide bonds. The lowest BCUT2D eigenvalue weighted by atomic mass is 10.2. The molecule has 2 aromatic carbocycles. The Hall–Kier alpha value is -2.07. The van der Waals surface area contributed by atoms with Crippen molar-refractivity contribution in [1.29, 1.82) is 0 Å². The predicted octanol–water partition coefficient (Wildman–Crippen LogP) is 4.33. The van der Waals surface area contributed by atoms with Crippen molar-refractivity contribution in [1.82, 2.24) is 0 Å². The van der Waals surface area contributed by atoms with Crippen LogP contribution in [0.4, 0.5) is 4.39 Å². The van der Waals surface area contributed by atoms with Crippen LogP contribution in [-0.2, 0) is 6.61 Å². The van der Waals surface area contributed by atoms with E-state index < -0.39 is 0 Å². The zero-order valence-electron chi connectivity index (χ0n) is 9.97. The summed E-state index contributed by atoms with van der Waals surface area (Å²) in [6.07, 6.45) is 0. The van der Waals surface area contributed by atoms with Gasteiger partial charge in [-0.3, -0.25) is 0 Å². The summed E-state index contributed by atoms with van der Waals surface area (Å²) < 4.78 is 19.9. The van der Waals surface area contributed by atoms with Crippen molar-refractivity contribution < 1.29 is 14.2 Å². The van der Waals surface area contributed by atoms with Crippen LogP contribution in [0, 0.1) is 5.82 Å². The average Bonchev–Trinajstić information content (AvgIpc) is 2.80. The number of hydrogen-bond donors (Lipinski definition) is 1. The number of rotatable bonds is 3. The standard InChI is InChI=1S/C15H11FO2S/c16-13-3-1-2-4-14(13)18-8-10-9-19-15-7-11(17)5-6-12(10)15/h1-7,9,17H,8H2. The molecule has 2 nitrogen and oxygen atoms in total. The molecule has 0 saturated heterocycles. The average molecular weight is 274 g/mol. The van der Waals surface area contributed by atoms with Gasteiger partial charge in [0.1, 0.15) is 12.4 Å². The zero-order chi connectivity index (χ0) is 13.2. The maximum Gasteiger partial charge on any atom is 0.165 e. The molecule has 19 heavy (non-hydrogen) atoms. The molecule has 96 valence electrons. The highest BCUT2D eigenvalue weighted by atomic mass is 32.1. The van der Waals surface area contributed by atoms with Gasteiger partial charge in [0.05, 0.1) is 0 Å². The molecule has 4 heteroatoms. The molecule has 0 radical (unpaired) electrons. The number of benzene rings is 2. The number of phenols is 1. The summed E-state index contributed by atoms with van der Waals surface area (Å²) in [6, 6.07) is 11.6. The number of halogens is 1. The fraction of sp³-hybridized carbons (Fsp3) is 0.0667. The van der Waals surface area contributed by atoms with Crippen molar-refractivity contribution >= 4 is 21.4 Å². The van der Waals surface area contributed by atoms with Crippen molar-refractivity contribution in [2.75, 3.05) is 0 Å². The number of hydrogen-bond acceptors (Lipinski definition) is 3. The molecule has 0 atom stereocenters. The molecule has 0 unspecified atom stereocenters. The molecule has 0 aliphatic rings. The summed E-state index contributed by atoms with van der Waals surface area (Å²) in [4.78, 5) is 0. The van der Waals surface area contributed by atoms with Gasteiger partial charge in [-0.25, -0.2) is 4.39 Å². The lowest BCUT2D eigenvalue weighted by Gasteiger charge is -2.06. The third kappa shape index (κ3) is 2.39. The molecular weight excluding hydrogens is 263 g/mol. The second kappa shape index (κ2) is 4.90. The minimum absolute atomic E-state index is 0.246. The van der Waals surface area contributed by atoms with Gasteiger partial charge < -0.3 is 9.84 Å². The molecule has 0 aliphatic carbocycles. The molecule has 0 spiro atoms. The number of phenolic OH excluding ortho intramolecular Hbond substituents is 1. The van der Waals surface area contributed by atoms with Crippen LogP contribution in [0.1, 0.15) is 5.56 Å². The summed E-state index contributed by atoms with van der Waals surface area (Å²) in [5.41, 5.74) is 0.989. The Balaban J connectivity index is 1.84. The number of ether oxygens (including phenoxy) is 1. The number of thiophene rings is 1. The van der Waals surface area contributed by atoms with Crippen LogP contribution in [0.25, 0.3) is 10.1 Å². The quantitative estimate of drug-likeness (QED) is 0.770. The molecule has 0 fully saturated rings. The fourth-order valence-corrected chi connectivity index (χ4v) is 2.88. The van der Waals surface area contributed by atoms with E-state index in [2.05, 4.69) is 0 Å². The van der Waals surface area contributed by atoms with E-state index in [1.807, 2.05) is 11.4 Å². The van der Waals surface area contributed by atoms with Crippen LogP contribution < -0.4 is 4.74 Å². The van der Waals surface area contributed by atoms with Crippen LogP contribution in [0.15, 0.2) is 47.8 Å². The minimum atomic E-state index is -0.361. The number of fused-ring (bicyclic) bond motifs is 1. The summed E-state index contributed by atoms with van der Waals surface area (Å²) >= 11 is 1.53. The van der Waals surface area contributed by atoms with Crippen LogP contribution in [0.3, 0.4) is 0 Å². The molecule has 0 saturated carbocycles. The summed E-state index contributed by atoms with van der Waals surface area (Å²) in [6.45, 7) is 0.311. The van der Waals surface area contributed by atoms with E-state index in [1.165, 1.54) is 17.4 Å². The maximum atomic E-state index is 13.4. The summed E-state index contributed by atoms with van der Waals surface area (Å²) in [5, 5.41) is 12.4. The predicted molar refractivity (Wildman–Crippen MR) is 74.2 cm³/mol. The van der Waals surface area contributed by atoms with Crippen molar-refractivity contribution in [3.63, 3.8) is 0 Å². The Morgan fingerprint density at radius 2 is 2.00 bits per heavy atom. The van der Waals surface area contributed by atoms with Crippen molar-refractivity contribution in [2.45, 2.75) is 6.61 Å².